The molecule has 0 saturated carbocycles. The molecule has 2 aromatic heterocycles. The lowest BCUT2D eigenvalue weighted by molar-refractivity contribution is 0.0483. The maximum absolute atomic E-state index is 9.72. The minimum atomic E-state index is -0.0468. The van der Waals surface area contributed by atoms with Crippen LogP contribution in [0.1, 0.15) is 55.5 Å². The summed E-state index contributed by atoms with van der Waals surface area (Å²) in [4.78, 5) is 6.31. The van der Waals surface area contributed by atoms with Gasteiger partial charge in [0.2, 0.25) is 0 Å². The molecule has 1 aliphatic rings. The number of hydrogen-bond acceptors (Lipinski definition) is 7. The van der Waals surface area contributed by atoms with Crippen LogP contribution in [0, 0.1) is 11.3 Å². The van der Waals surface area contributed by atoms with Crippen LogP contribution in [0.3, 0.4) is 0 Å². The van der Waals surface area contributed by atoms with Crippen LogP contribution in [-0.4, -0.2) is 57.9 Å². The summed E-state index contributed by atoms with van der Waals surface area (Å²) < 4.78 is 11.2. The molecule has 0 radical (unpaired) electrons. The van der Waals surface area contributed by atoms with Gasteiger partial charge in [0.25, 0.3) is 0 Å². The number of thiocarbonyl (C=S) groups is 1. The second-order valence-corrected chi connectivity index (χ2v) is 12.4. The first kappa shape index (κ1) is 29.1. The molecule has 0 unspecified atom stereocenters. The van der Waals surface area contributed by atoms with Crippen molar-refractivity contribution in [3.8, 4) is 15.8 Å². The van der Waals surface area contributed by atoms with Crippen LogP contribution in [0.5, 0.6) is 0 Å². The molecule has 0 bridgehead atoms. The smallest absolute Gasteiger partial charge is 0.117 e. The van der Waals surface area contributed by atoms with E-state index in [9.17, 15) is 5.26 Å². The van der Waals surface area contributed by atoms with Gasteiger partial charge in [-0.25, -0.2) is 0 Å². The van der Waals surface area contributed by atoms with Crippen molar-refractivity contribution < 1.29 is 9.47 Å². The number of ether oxygens (including phenoxy) is 2. The first-order valence-corrected chi connectivity index (χ1v) is 14.9. The summed E-state index contributed by atoms with van der Waals surface area (Å²) in [6.45, 7) is 7.51. The fourth-order valence-corrected chi connectivity index (χ4v) is 7.14. The van der Waals surface area contributed by atoms with Crippen LogP contribution >= 0.6 is 46.5 Å². The number of rotatable bonds is 15. The normalized spacial score (nSPS) is 13.8. The zero-order valence-corrected chi connectivity index (χ0v) is 24.8. The van der Waals surface area contributed by atoms with Gasteiger partial charge in [0.1, 0.15) is 11.1 Å². The van der Waals surface area contributed by atoms with E-state index in [1.54, 1.807) is 11.3 Å². The van der Waals surface area contributed by atoms with E-state index >= 15 is 0 Å². The Labute approximate surface area is 234 Å². The van der Waals surface area contributed by atoms with Gasteiger partial charge in [-0.15, -0.1) is 34.3 Å². The van der Waals surface area contributed by atoms with Gasteiger partial charge in [0, 0.05) is 48.3 Å². The maximum atomic E-state index is 9.72. The third-order valence-corrected chi connectivity index (χ3v) is 9.37. The first-order chi connectivity index (χ1) is 17.3. The van der Waals surface area contributed by atoms with Gasteiger partial charge in [0.05, 0.1) is 35.3 Å². The number of fused-ring (bicyclic) bond motifs is 3. The zero-order valence-electron chi connectivity index (χ0n) is 21.6. The fourth-order valence-electron chi connectivity index (χ4n) is 4.09. The predicted molar refractivity (Wildman–Crippen MR) is 159 cm³/mol. The number of nitriles is 1. The molecule has 196 valence electrons. The highest BCUT2D eigenvalue weighted by Crippen LogP contribution is 2.56. The molecule has 5 nitrogen and oxygen atoms in total. The summed E-state index contributed by atoms with van der Waals surface area (Å²) in [7, 11) is 4.16. The molecule has 36 heavy (non-hydrogen) atoms. The Balaban J connectivity index is 1.46. The quantitative estimate of drug-likeness (QED) is 0.0839. The standard InChI is InChI=1S/C27H36ClN3O2S3/c1-27(2)21-16-20(35-24(21)25-22(27)17-23(36-25)31(3)4)15-19(18-29)26(34)30-10-12-33-14-13-32-11-8-6-5-7-9-28/h15-17H,5-14H2,1-4H3,(H,30,34)/b19-15+. The van der Waals surface area contributed by atoms with E-state index in [2.05, 4.69) is 56.4 Å². The molecular formula is C27H36ClN3O2S3. The molecule has 2 aromatic rings. The molecule has 0 fully saturated rings. The monoisotopic (exact) mass is 565 g/mol. The second-order valence-electron chi connectivity index (χ2n) is 9.49. The van der Waals surface area contributed by atoms with Crippen LogP contribution in [0.4, 0.5) is 5.00 Å². The van der Waals surface area contributed by atoms with Gasteiger partial charge < -0.3 is 19.7 Å². The Morgan fingerprint density at radius 3 is 2.42 bits per heavy atom. The summed E-state index contributed by atoms with van der Waals surface area (Å²) in [6, 6.07) is 6.78. The highest BCUT2D eigenvalue weighted by Gasteiger charge is 2.39. The van der Waals surface area contributed by atoms with Crippen molar-refractivity contribution in [2.75, 3.05) is 57.8 Å². The fraction of sp³-hybridized carbons (Fsp3) is 0.556. The molecule has 0 aromatic carbocycles. The number of thiophene rings is 2. The predicted octanol–water partition coefficient (Wildman–Crippen LogP) is 6.84. The van der Waals surface area contributed by atoms with Crippen LogP contribution in [0.15, 0.2) is 17.7 Å². The van der Waals surface area contributed by atoms with Crippen LogP contribution in [-0.2, 0) is 14.9 Å². The molecule has 1 N–H and O–H groups in total. The average molecular weight is 566 g/mol. The van der Waals surface area contributed by atoms with Crippen molar-refractivity contribution in [3.63, 3.8) is 0 Å². The molecule has 9 heteroatoms. The molecular weight excluding hydrogens is 530 g/mol. The van der Waals surface area contributed by atoms with E-state index in [-0.39, 0.29) is 5.41 Å². The van der Waals surface area contributed by atoms with Crippen molar-refractivity contribution in [1.29, 1.82) is 5.26 Å². The molecule has 2 heterocycles. The lowest BCUT2D eigenvalue weighted by atomic mass is 9.84. The number of anilines is 1. The largest absolute Gasteiger partial charge is 0.379 e. The SMILES string of the molecule is CN(C)c1cc2c(s1)-c1sc(/C=C(\C#N)C(=S)NCCOCCOCCCCCCCl)cc1C2(C)C. The Morgan fingerprint density at radius 1 is 1.06 bits per heavy atom. The Bertz CT molecular complexity index is 1100. The van der Waals surface area contributed by atoms with E-state index in [4.69, 9.17) is 33.3 Å². The summed E-state index contributed by atoms with van der Waals surface area (Å²) in [5.41, 5.74) is 3.14. The number of hydrogen-bond donors (Lipinski definition) is 1. The second kappa shape index (κ2) is 13.9. The summed E-state index contributed by atoms with van der Waals surface area (Å²) in [5.74, 6) is 0.737. The average Bonchev–Trinajstić information content (AvgIpc) is 3.52. The molecule has 0 aliphatic heterocycles. The van der Waals surface area contributed by atoms with Crippen molar-refractivity contribution in [2.24, 2.45) is 0 Å². The van der Waals surface area contributed by atoms with Crippen LogP contribution in [0.2, 0.25) is 0 Å². The summed E-state index contributed by atoms with van der Waals surface area (Å²) in [5, 5.41) is 14.1. The molecule has 0 amide bonds. The number of nitrogens with zero attached hydrogens (tertiary/aromatic N) is 2. The van der Waals surface area contributed by atoms with E-state index in [1.807, 2.05) is 17.4 Å². The first-order valence-electron chi connectivity index (χ1n) is 12.4. The molecule has 0 saturated heterocycles. The van der Waals surface area contributed by atoms with Gasteiger partial charge in [-0.05, 0) is 42.2 Å². The maximum Gasteiger partial charge on any atom is 0.117 e. The van der Waals surface area contributed by atoms with Crippen molar-refractivity contribution >= 4 is 62.6 Å². The van der Waals surface area contributed by atoms with Crippen molar-refractivity contribution in [3.05, 3.63) is 33.7 Å². The molecule has 0 spiro atoms. The lowest BCUT2D eigenvalue weighted by Gasteiger charge is -2.19. The van der Waals surface area contributed by atoms with Gasteiger partial charge in [-0.3, -0.25) is 0 Å². The van der Waals surface area contributed by atoms with E-state index < -0.39 is 0 Å². The van der Waals surface area contributed by atoms with Gasteiger partial charge >= 0.3 is 0 Å². The molecule has 0 atom stereocenters. The van der Waals surface area contributed by atoms with Gasteiger partial charge in [-0.1, -0.05) is 38.9 Å². The topological polar surface area (TPSA) is 57.5 Å². The number of halogens is 1. The lowest BCUT2D eigenvalue weighted by Crippen LogP contribution is -2.27. The van der Waals surface area contributed by atoms with Crippen molar-refractivity contribution in [2.45, 2.75) is 44.9 Å². The van der Waals surface area contributed by atoms with E-state index in [0.717, 1.165) is 43.0 Å². The zero-order chi connectivity index (χ0) is 26.1. The van der Waals surface area contributed by atoms with Crippen LogP contribution < -0.4 is 10.2 Å². The highest BCUT2D eigenvalue weighted by atomic mass is 35.5. The van der Waals surface area contributed by atoms with Crippen molar-refractivity contribution in [1.82, 2.24) is 5.32 Å². The van der Waals surface area contributed by atoms with Gasteiger partial charge in [0.15, 0.2) is 0 Å². The van der Waals surface area contributed by atoms with E-state index in [1.165, 1.54) is 25.9 Å². The minimum Gasteiger partial charge on any atom is -0.379 e. The molecule has 3 rings (SSSR count). The third kappa shape index (κ3) is 7.31. The van der Waals surface area contributed by atoms with Gasteiger partial charge in [-0.2, -0.15) is 5.26 Å². The summed E-state index contributed by atoms with van der Waals surface area (Å²) >= 11 is 14.7. The number of unbranched alkanes of at least 4 members (excludes halogenated alkanes) is 3. The number of alkyl halides is 1. The Kier molecular flexibility index (Phi) is 11.2. The molecule has 1 aliphatic carbocycles. The summed E-state index contributed by atoms with van der Waals surface area (Å²) in [6.07, 6.45) is 6.35. The Hall–Kier alpha value is -1.47. The number of nitrogens with one attached hydrogen (secondary N) is 1. The van der Waals surface area contributed by atoms with Crippen LogP contribution in [0.25, 0.3) is 15.8 Å². The van der Waals surface area contributed by atoms with E-state index in [0.29, 0.717) is 36.9 Å². The highest BCUT2D eigenvalue weighted by molar-refractivity contribution is 7.80. The minimum absolute atomic E-state index is 0.0468. The Morgan fingerprint density at radius 2 is 1.72 bits per heavy atom. The third-order valence-electron chi connectivity index (χ3n) is 6.19.